The van der Waals surface area contributed by atoms with Gasteiger partial charge in [0.2, 0.25) is 5.28 Å². The summed E-state index contributed by atoms with van der Waals surface area (Å²) in [5.41, 5.74) is 1.55. The van der Waals surface area contributed by atoms with E-state index in [-0.39, 0.29) is 92.1 Å². The van der Waals surface area contributed by atoms with Crippen LogP contribution in [0.4, 0.5) is 28.9 Å². The quantitative estimate of drug-likeness (QED) is 0.131. The number of benzene rings is 4. The van der Waals surface area contributed by atoms with Gasteiger partial charge in [-0.05, 0) is 71.3 Å². The lowest BCUT2D eigenvalue weighted by atomic mass is 9.80. The lowest BCUT2D eigenvalue weighted by Gasteiger charge is -2.34. The molecule has 14 nitrogen and oxygen atoms in total. The Hall–Kier alpha value is -5.90. The van der Waals surface area contributed by atoms with Crippen molar-refractivity contribution in [3.63, 3.8) is 0 Å². The Morgan fingerprint density at radius 3 is 1.61 bits per heavy atom. The number of aromatic nitrogens is 6. The van der Waals surface area contributed by atoms with E-state index in [1.54, 1.807) is 26.2 Å². The number of nitrogens with one attached hydrogen (secondary N) is 2. The van der Waals surface area contributed by atoms with E-state index in [1.165, 1.54) is 65.5 Å². The van der Waals surface area contributed by atoms with Crippen LogP contribution in [0, 0.1) is 23.3 Å². The van der Waals surface area contributed by atoms with E-state index < -0.39 is 53.2 Å². The fraction of sp³-hybridized carbons (Fsp3) is 0.200. The molecule has 0 aliphatic carbocycles. The molecule has 2 N–H and O–H groups in total. The van der Waals surface area contributed by atoms with Crippen molar-refractivity contribution in [1.82, 2.24) is 29.5 Å². The Bertz CT molecular complexity index is 2550. The average Bonchev–Trinajstić information content (AvgIpc) is 3.82. The van der Waals surface area contributed by atoms with Crippen molar-refractivity contribution in [3.8, 4) is 0 Å². The maximum Gasteiger partial charge on any atom is 0.338 e. The number of esters is 2. The van der Waals surface area contributed by atoms with Gasteiger partial charge < -0.3 is 20.1 Å². The highest BCUT2D eigenvalue weighted by Gasteiger charge is 2.42. The molecular formula is C40H39ClF4N8O6S3. The van der Waals surface area contributed by atoms with Gasteiger partial charge in [0.1, 0.15) is 47.7 Å². The normalized spacial score (nSPS) is 15.7. The number of anilines is 2. The third kappa shape index (κ3) is 10.9. The maximum absolute atomic E-state index is 14.2. The van der Waals surface area contributed by atoms with Crippen LogP contribution in [0.5, 0.6) is 0 Å². The number of rotatable bonds is 5. The van der Waals surface area contributed by atoms with Gasteiger partial charge in [-0.25, -0.2) is 41.8 Å². The van der Waals surface area contributed by atoms with Gasteiger partial charge in [-0.3, -0.25) is 14.3 Å². The topological polar surface area (TPSA) is 172 Å². The molecule has 0 bridgehead atoms. The molecule has 8 rings (SSSR count). The third-order valence-electron chi connectivity index (χ3n) is 9.37. The highest BCUT2D eigenvalue weighted by atomic mass is 35.5. The summed E-state index contributed by atoms with van der Waals surface area (Å²) < 4.78 is 66.6. The smallest absolute Gasteiger partial charge is 0.338 e. The van der Waals surface area contributed by atoms with Crippen LogP contribution < -0.4 is 10.6 Å². The van der Waals surface area contributed by atoms with Crippen molar-refractivity contribution < 1.29 is 46.2 Å². The Morgan fingerprint density at radius 2 is 1.16 bits per heavy atom. The van der Waals surface area contributed by atoms with Gasteiger partial charge in [-0.1, -0.05) is 24.3 Å². The largest absolute Gasteiger partial charge is 0.465 e. The van der Waals surface area contributed by atoms with E-state index >= 15 is 0 Å². The van der Waals surface area contributed by atoms with Crippen LogP contribution in [0.15, 0.2) is 85.5 Å². The van der Waals surface area contributed by atoms with Crippen LogP contribution >= 0.6 is 52.1 Å². The first-order valence-electron chi connectivity index (χ1n) is 17.5. The van der Waals surface area contributed by atoms with Crippen molar-refractivity contribution in [2.75, 3.05) is 24.9 Å². The summed E-state index contributed by atoms with van der Waals surface area (Å²) >= 11 is 5.41. The minimum absolute atomic E-state index is 0. The zero-order valence-electron chi connectivity index (χ0n) is 33.0. The average molecular weight is 935 g/mol. The van der Waals surface area contributed by atoms with Crippen molar-refractivity contribution in [1.29, 1.82) is 0 Å². The minimum atomic E-state index is -0.880. The number of hydrogen-bond acceptors (Lipinski definition) is 12. The fourth-order valence-electron chi connectivity index (χ4n) is 6.61. The number of carbonyl (C=O) groups is 4. The molecule has 2 aromatic heterocycles. The number of hydrogen-bond donors (Lipinski definition) is 2. The monoisotopic (exact) mass is 934 g/mol. The third-order valence-corrected chi connectivity index (χ3v) is 9.71. The molecule has 4 heterocycles. The van der Waals surface area contributed by atoms with Crippen molar-refractivity contribution in [2.45, 2.75) is 24.4 Å². The summed E-state index contributed by atoms with van der Waals surface area (Å²) in [4.78, 5) is 57.8. The Balaban J connectivity index is 0.000000278. The van der Waals surface area contributed by atoms with Gasteiger partial charge >= 0.3 is 11.9 Å². The maximum atomic E-state index is 14.2. The lowest BCUT2D eigenvalue weighted by molar-refractivity contribution is 0.0588. The predicted octanol–water partition coefficient (Wildman–Crippen LogP) is 7.31. The molecule has 4 aromatic carbocycles. The van der Waals surface area contributed by atoms with Gasteiger partial charge in [0.15, 0.2) is 11.6 Å². The Morgan fingerprint density at radius 1 is 0.677 bits per heavy atom. The number of aryl methyl sites for hydroxylation is 2. The number of nitrogens with zero attached hydrogens (tertiary/aromatic N) is 6. The van der Waals surface area contributed by atoms with Gasteiger partial charge in [-0.2, -0.15) is 50.7 Å². The van der Waals surface area contributed by atoms with Gasteiger partial charge in [0.25, 0.3) is 0 Å². The lowest BCUT2D eigenvalue weighted by Crippen LogP contribution is -2.35. The van der Waals surface area contributed by atoms with E-state index in [0.29, 0.717) is 22.2 Å². The minimum Gasteiger partial charge on any atom is -0.465 e. The molecular weight excluding hydrogens is 896 g/mol. The van der Waals surface area contributed by atoms with Crippen LogP contribution in [0.25, 0.3) is 0 Å². The first kappa shape index (κ1) is 50.5. The van der Waals surface area contributed by atoms with Crippen LogP contribution in [0.3, 0.4) is 0 Å². The number of ketones is 2. The molecule has 0 spiro atoms. The van der Waals surface area contributed by atoms with Gasteiger partial charge in [-0.15, -0.1) is 0 Å². The van der Waals surface area contributed by atoms with Crippen LogP contribution in [0.1, 0.15) is 82.8 Å². The second-order valence-corrected chi connectivity index (χ2v) is 13.4. The molecule has 3 atom stereocenters. The SMILES string of the molecule is COC(=O)c1cc(F)cc2c1C(=O)C[C@@H](c1ccc(F)cc1)N2.COC(=O)c1cc(F)cc2c1C(=O)[C@H](c1ncnn1C)[C@@H](c1ccc(F)cc1)N2.Cn1ncnc1Cl.S.S.S. The molecule has 0 amide bonds. The van der Waals surface area contributed by atoms with E-state index in [1.807, 2.05) is 0 Å². The first-order valence-corrected chi connectivity index (χ1v) is 17.9. The zero-order valence-corrected chi connectivity index (χ0v) is 36.8. The molecule has 6 aromatic rings. The Labute approximate surface area is 377 Å². The van der Waals surface area contributed by atoms with Crippen LogP contribution in [-0.4, -0.2) is 67.3 Å². The molecule has 0 fully saturated rings. The molecule has 22 heteroatoms. The highest BCUT2D eigenvalue weighted by Crippen LogP contribution is 2.43. The van der Waals surface area contributed by atoms with E-state index in [2.05, 4.69) is 35.5 Å². The summed E-state index contributed by atoms with van der Waals surface area (Å²) in [5.74, 6) is -5.01. The number of fused-ring (bicyclic) bond motifs is 2. The second-order valence-electron chi connectivity index (χ2n) is 13.0. The van der Waals surface area contributed by atoms with Crippen molar-refractivity contribution in [2.24, 2.45) is 14.1 Å². The molecule has 0 saturated carbocycles. The number of methoxy groups -OCH3 is 2. The zero-order chi connectivity index (χ0) is 42.5. The van der Waals surface area contributed by atoms with Crippen molar-refractivity contribution in [3.05, 3.63) is 153 Å². The summed E-state index contributed by atoms with van der Waals surface area (Å²) in [7, 11) is 5.69. The molecule has 0 unspecified atom stereocenters. The molecule has 328 valence electrons. The summed E-state index contributed by atoms with van der Waals surface area (Å²) in [5, 5.41) is 14.3. The predicted molar refractivity (Wildman–Crippen MR) is 235 cm³/mol. The summed E-state index contributed by atoms with van der Waals surface area (Å²) in [6.45, 7) is 0. The second kappa shape index (κ2) is 21.8. The number of halogens is 5. The standard InChI is InChI=1S/C20H16F2N4O3.C17H13F2NO3.C3H4ClN3.3H2S/c1-26-19(23-9-24-26)16-17(10-3-5-11(21)6-4-10)25-14-8-12(22)7-13(20(28)29-2)15(14)18(16)27;1-23-17(22)12-6-11(19)7-14-16(12)15(21)8-13(20-14)9-2-4-10(18)5-3-9;1-7-3(4)5-2-6-7;;;/h3-9,16-17,25H,1-2H3;2-7,13,20H,8H2,1H3;2H,1H3;3*1H2/t16-,17-;13-;;;;/m10..../s1. The van der Waals surface area contributed by atoms with E-state index in [9.17, 15) is 36.7 Å². The number of ether oxygens (including phenoxy) is 2. The van der Waals surface area contributed by atoms with E-state index in [0.717, 1.165) is 31.4 Å². The Kier molecular flexibility index (Phi) is 17.7. The number of carbonyl (C=O) groups excluding carboxylic acids is 4. The number of Topliss-reactive ketones (excluding diaryl/α,β-unsaturated/α-hetero) is 2. The fourth-order valence-corrected chi connectivity index (χ4v) is 6.70. The highest BCUT2D eigenvalue weighted by molar-refractivity contribution is 7.59. The first-order chi connectivity index (χ1) is 28.2. The van der Waals surface area contributed by atoms with Gasteiger partial charge in [0.05, 0.1) is 48.6 Å². The molecule has 2 aliphatic rings. The molecule has 2 aliphatic heterocycles. The molecule has 0 saturated heterocycles. The van der Waals surface area contributed by atoms with E-state index in [4.69, 9.17) is 16.3 Å². The summed E-state index contributed by atoms with van der Waals surface area (Å²) in [6.07, 6.45) is 2.79. The van der Waals surface area contributed by atoms with Crippen LogP contribution in [-0.2, 0) is 23.6 Å². The van der Waals surface area contributed by atoms with Crippen LogP contribution in [0.2, 0.25) is 5.28 Å². The summed E-state index contributed by atoms with van der Waals surface area (Å²) in [6, 6.07) is 14.5. The van der Waals surface area contributed by atoms with Crippen molar-refractivity contribution >= 4 is 87.0 Å². The van der Waals surface area contributed by atoms with Gasteiger partial charge in [0, 0.05) is 31.9 Å². The molecule has 0 radical (unpaired) electrons. The molecule has 62 heavy (non-hydrogen) atoms.